The van der Waals surface area contributed by atoms with Crippen molar-refractivity contribution in [1.82, 2.24) is 15.2 Å². The Morgan fingerprint density at radius 1 is 1.52 bits per heavy atom. The molecule has 1 saturated heterocycles. The molecule has 6 nitrogen and oxygen atoms in total. The highest BCUT2D eigenvalue weighted by Gasteiger charge is 2.35. The predicted molar refractivity (Wildman–Crippen MR) is 83.5 cm³/mol. The summed E-state index contributed by atoms with van der Waals surface area (Å²) in [4.78, 5) is 0. The molecule has 1 aromatic rings. The molecule has 3 N–H and O–H groups in total. The lowest BCUT2D eigenvalue weighted by atomic mass is 10.0. The summed E-state index contributed by atoms with van der Waals surface area (Å²) in [6, 6.07) is 2.03. The van der Waals surface area contributed by atoms with Gasteiger partial charge in [0.1, 0.15) is 0 Å². The Morgan fingerprint density at radius 3 is 2.90 bits per heavy atom. The normalized spacial score (nSPS) is 24.6. The molecular formula is C14H26N4O2S. The smallest absolute Gasteiger partial charge is 0.154 e. The van der Waals surface area contributed by atoms with Crippen LogP contribution in [-0.4, -0.2) is 35.2 Å². The van der Waals surface area contributed by atoms with Gasteiger partial charge >= 0.3 is 0 Å². The van der Waals surface area contributed by atoms with E-state index in [4.69, 9.17) is 5.84 Å². The molecule has 0 saturated carbocycles. The van der Waals surface area contributed by atoms with Gasteiger partial charge < -0.3 is 0 Å². The van der Waals surface area contributed by atoms with Gasteiger partial charge in [0, 0.05) is 24.7 Å². The van der Waals surface area contributed by atoms with E-state index in [1.807, 2.05) is 16.9 Å². The van der Waals surface area contributed by atoms with Crippen molar-refractivity contribution >= 4 is 9.84 Å². The minimum absolute atomic E-state index is 0.268. The van der Waals surface area contributed by atoms with Gasteiger partial charge in [0.2, 0.25) is 0 Å². The average molecular weight is 314 g/mol. The van der Waals surface area contributed by atoms with Crippen molar-refractivity contribution < 1.29 is 8.42 Å². The van der Waals surface area contributed by atoms with Gasteiger partial charge in [0.25, 0.3) is 0 Å². The van der Waals surface area contributed by atoms with Crippen LogP contribution in [0.2, 0.25) is 0 Å². The molecule has 1 aliphatic rings. The van der Waals surface area contributed by atoms with Crippen molar-refractivity contribution in [3.8, 4) is 0 Å². The first-order chi connectivity index (χ1) is 9.97. The standard InChI is InChI=1S/C14H26N4O2S/c1-3-11(2)18-8-7-12(17-18)10-13(16-15)14-6-4-5-9-21(14,19)20/h7-8,11,13-14,16H,3-6,9-10,15H2,1-2H3. The minimum Gasteiger partial charge on any atom is -0.271 e. The van der Waals surface area contributed by atoms with E-state index < -0.39 is 15.1 Å². The van der Waals surface area contributed by atoms with Gasteiger partial charge in [0.15, 0.2) is 9.84 Å². The van der Waals surface area contributed by atoms with Crippen LogP contribution in [0.3, 0.4) is 0 Å². The Balaban J connectivity index is 2.10. The fourth-order valence-electron chi connectivity index (χ4n) is 2.87. The molecule has 2 heterocycles. The molecule has 21 heavy (non-hydrogen) atoms. The highest BCUT2D eigenvalue weighted by molar-refractivity contribution is 7.92. The molecular weight excluding hydrogens is 288 g/mol. The van der Waals surface area contributed by atoms with Crippen LogP contribution in [0.15, 0.2) is 12.3 Å². The number of hydrazine groups is 1. The van der Waals surface area contributed by atoms with Crippen LogP contribution in [0.4, 0.5) is 0 Å². The van der Waals surface area contributed by atoms with Crippen LogP contribution in [0, 0.1) is 0 Å². The summed E-state index contributed by atoms with van der Waals surface area (Å²) in [6.45, 7) is 4.23. The maximum atomic E-state index is 12.2. The van der Waals surface area contributed by atoms with Crippen LogP contribution < -0.4 is 11.3 Å². The third-order valence-corrected chi connectivity index (χ3v) is 6.77. The molecule has 3 unspecified atom stereocenters. The van der Waals surface area contributed by atoms with Gasteiger partial charge in [-0.3, -0.25) is 16.0 Å². The highest BCUT2D eigenvalue weighted by atomic mass is 32.2. The number of nitrogens with two attached hydrogens (primary N) is 1. The molecule has 0 bridgehead atoms. The zero-order valence-electron chi connectivity index (χ0n) is 12.8. The zero-order chi connectivity index (χ0) is 15.5. The first-order valence-electron chi connectivity index (χ1n) is 7.69. The molecule has 3 atom stereocenters. The summed E-state index contributed by atoms with van der Waals surface area (Å²) in [5.41, 5.74) is 3.59. The van der Waals surface area contributed by atoms with Gasteiger partial charge in [-0.2, -0.15) is 5.10 Å². The Labute approximate surface area is 127 Å². The van der Waals surface area contributed by atoms with Crippen LogP contribution in [-0.2, 0) is 16.3 Å². The van der Waals surface area contributed by atoms with Gasteiger partial charge in [-0.25, -0.2) is 8.42 Å². The number of rotatable bonds is 6. The Morgan fingerprint density at radius 2 is 2.29 bits per heavy atom. The third-order valence-electron chi connectivity index (χ3n) is 4.43. The quantitative estimate of drug-likeness (QED) is 0.608. The fourth-order valence-corrected chi connectivity index (χ4v) is 4.98. The number of nitrogens with one attached hydrogen (secondary N) is 1. The van der Waals surface area contributed by atoms with E-state index in [0.717, 1.165) is 25.0 Å². The summed E-state index contributed by atoms with van der Waals surface area (Å²) >= 11 is 0. The lowest BCUT2D eigenvalue weighted by molar-refractivity contribution is 0.430. The molecule has 0 aliphatic carbocycles. The van der Waals surface area contributed by atoms with Gasteiger partial charge in [-0.05, 0) is 32.3 Å². The predicted octanol–water partition coefficient (Wildman–Crippen LogP) is 1.20. The van der Waals surface area contributed by atoms with Gasteiger partial charge in [0.05, 0.1) is 16.7 Å². The molecule has 0 radical (unpaired) electrons. The van der Waals surface area contributed by atoms with Crippen LogP contribution in [0.1, 0.15) is 51.3 Å². The SMILES string of the molecule is CCC(C)n1ccc(CC(NN)C2CCCCS2(=O)=O)n1. The number of hydrogen-bond acceptors (Lipinski definition) is 5. The minimum atomic E-state index is -3.05. The van der Waals surface area contributed by atoms with Crippen LogP contribution in [0.25, 0.3) is 0 Å². The average Bonchev–Trinajstić information content (AvgIpc) is 2.92. The Hall–Kier alpha value is -0.920. The van der Waals surface area contributed by atoms with E-state index in [0.29, 0.717) is 18.9 Å². The van der Waals surface area contributed by atoms with Gasteiger partial charge in [-0.1, -0.05) is 13.3 Å². The van der Waals surface area contributed by atoms with Crippen LogP contribution >= 0.6 is 0 Å². The van der Waals surface area contributed by atoms with Crippen molar-refractivity contribution in [2.45, 2.75) is 63.3 Å². The molecule has 0 amide bonds. The number of nitrogens with zero attached hydrogens (tertiary/aromatic N) is 2. The molecule has 120 valence electrons. The topological polar surface area (TPSA) is 90.0 Å². The highest BCUT2D eigenvalue weighted by Crippen LogP contribution is 2.24. The largest absolute Gasteiger partial charge is 0.271 e. The van der Waals surface area contributed by atoms with Crippen molar-refractivity contribution in [1.29, 1.82) is 0 Å². The monoisotopic (exact) mass is 314 g/mol. The first kappa shape index (κ1) is 16.5. The number of aromatic nitrogens is 2. The van der Waals surface area contributed by atoms with Crippen molar-refractivity contribution in [2.24, 2.45) is 5.84 Å². The maximum absolute atomic E-state index is 12.2. The van der Waals surface area contributed by atoms with E-state index in [-0.39, 0.29) is 11.8 Å². The Bertz CT molecular complexity index is 555. The van der Waals surface area contributed by atoms with E-state index in [1.165, 1.54) is 0 Å². The second-order valence-electron chi connectivity index (χ2n) is 5.92. The number of hydrogen-bond donors (Lipinski definition) is 2. The van der Waals surface area contributed by atoms with E-state index >= 15 is 0 Å². The van der Waals surface area contributed by atoms with Crippen molar-refractivity contribution in [3.05, 3.63) is 18.0 Å². The summed E-state index contributed by atoms with van der Waals surface area (Å²) in [5.74, 6) is 5.89. The van der Waals surface area contributed by atoms with E-state index in [9.17, 15) is 8.42 Å². The lowest BCUT2D eigenvalue weighted by Gasteiger charge is -2.29. The second-order valence-corrected chi connectivity index (χ2v) is 8.26. The second kappa shape index (κ2) is 6.89. The molecule has 2 rings (SSSR count). The van der Waals surface area contributed by atoms with Crippen molar-refractivity contribution in [2.75, 3.05) is 5.75 Å². The summed E-state index contributed by atoms with van der Waals surface area (Å²) < 4.78 is 26.4. The lowest BCUT2D eigenvalue weighted by Crippen LogP contribution is -2.50. The number of sulfone groups is 1. The molecule has 1 fully saturated rings. The van der Waals surface area contributed by atoms with Gasteiger partial charge in [-0.15, -0.1) is 0 Å². The molecule has 0 aromatic carbocycles. The molecule has 1 aromatic heterocycles. The maximum Gasteiger partial charge on any atom is 0.154 e. The Kier molecular flexibility index (Phi) is 5.40. The molecule has 0 spiro atoms. The van der Waals surface area contributed by atoms with Crippen LogP contribution in [0.5, 0.6) is 0 Å². The third kappa shape index (κ3) is 3.84. The summed E-state index contributed by atoms with van der Waals surface area (Å²) in [6.07, 6.45) is 5.90. The summed E-state index contributed by atoms with van der Waals surface area (Å²) in [5, 5.41) is 4.14. The fraction of sp³-hybridized carbons (Fsp3) is 0.786. The summed E-state index contributed by atoms with van der Waals surface area (Å²) in [7, 11) is -3.05. The van der Waals surface area contributed by atoms with E-state index in [2.05, 4.69) is 24.4 Å². The first-order valence-corrected chi connectivity index (χ1v) is 9.41. The van der Waals surface area contributed by atoms with E-state index in [1.54, 1.807) is 0 Å². The zero-order valence-corrected chi connectivity index (χ0v) is 13.6. The molecule has 1 aliphatic heterocycles. The molecule has 7 heteroatoms. The van der Waals surface area contributed by atoms with Crippen molar-refractivity contribution in [3.63, 3.8) is 0 Å².